The number of esters is 2. The van der Waals surface area contributed by atoms with E-state index >= 15 is 0 Å². The lowest BCUT2D eigenvalue weighted by atomic mass is 10.1. The van der Waals surface area contributed by atoms with Gasteiger partial charge in [0.2, 0.25) is 23.6 Å². The van der Waals surface area contributed by atoms with E-state index in [9.17, 15) is 38.4 Å². The molecule has 2 fully saturated rings. The normalized spacial score (nSPS) is 16.9. The zero-order valence-corrected chi connectivity index (χ0v) is 42.0. The summed E-state index contributed by atoms with van der Waals surface area (Å²) in [5.74, 6) is -1.74. The van der Waals surface area contributed by atoms with E-state index in [0.29, 0.717) is 23.0 Å². The summed E-state index contributed by atoms with van der Waals surface area (Å²) in [5.41, 5.74) is 0.216. The number of rotatable bonds is 21. The van der Waals surface area contributed by atoms with E-state index in [2.05, 4.69) is 10.6 Å². The zero-order valence-electron chi connectivity index (χ0n) is 40.3. The number of carbonyl (C=O) groups excluding carboxylic acids is 8. The maximum absolute atomic E-state index is 13.4. The Bertz CT molecular complexity index is 1910. The van der Waals surface area contributed by atoms with Crippen molar-refractivity contribution in [1.82, 2.24) is 30.2 Å². The summed E-state index contributed by atoms with van der Waals surface area (Å²) in [7, 11) is 3.13. The number of alkyl carbamates (subject to hydrolysis) is 2. The van der Waals surface area contributed by atoms with Crippen LogP contribution < -0.4 is 20.1 Å². The van der Waals surface area contributed by atoms with Crippen LogP contribution in [0.4, 0.5) is 9.59 Å². The van der Waals surface area contributed by atoms with Crippen molar-refractivity contribution in [3.8, 4) is 11.5 Å². The van der Waals surface area contributed by atoms with Crippen LogP contribution in [-0.4, -0.2) is 168 Å². The van der Waals surface area contributed by atoms with Gasteiger partial charge in [-0.15, -0.1) is 0 Å². The largest absolute Gasteiger partial charge is 0.497 e. The van der Waals surface area contributed by atoms with Gasteiger partial charge in [-0.25, -0.2) is 29.0 Å². The average molecular weight is 989 g/mol. The number of methoxy groups -OCH3 is 2. The molecule has 0 aliphatic carbocycles. The third-order valence-electron chi connectivity index (χ3n) is 10.5. The van der Waals surface area contributed by atoms with Gasteiger partial charge in [-0.3, -0.25) is 29.0 Å². The van der Waals surface area contributed by atoms with Gasteiger partial charge in [0.25, 0.3) is 0 Å². The Balaban J connectivity index is 1.29. The van der Waals surface area contributed by atoms with Crippen molar-refractivity contribution in [2.45, 2.75) is 102 Å². The van der Waals surface area contributed by atoms with Crippen LogP contribution >= 0.6 is 23.5 Å². The van der Waals surface area contributed by atoms with E-state index in [1.165, 1.54) is 23.5 Å². The van der Waals surface area contributed by atoms with E-state index in [1.54, 1.807) is 79.4 Å². The molecule has 2 aromatic rings. The first-order valence-electron chi connectivity index (χ1n) is 21.8. The highest BCUT2D eigenvalue weighted by molar-refractivity contribution is 7.98. The highest BCUT2D eigenvalue weighted by Gasteiger charge is 2.41. The van der Waals surface area contributed by atoms with Gasteiger partial charge in [0, 0.05) is 35.1 Å². The number of ether oxygens (including phenoxy) is 6. The summed E-state index contributed by atoms with van der Waals surface area (Å²) in [4.78, 5) is 110. The lowest BCUT2D eigenvalue weighted by Crippen LogP contribution is -2.63. The lowest BCUT2D eigenvalue weighted by molar-refractivity contribution is -0.169. The fourth-order valence-electron chi connectivity index (χ4n) is 6.63. The van der Waals surface area contributed by atoms with E-state index < -0.39 is 96.6 Å². The molecule has 0 saturated carbocycles. The molecule has 2 N–H and O–H groups in total. The lowest BCUT2D eigenvalue weighted by Gasteiger charge is -2.43. The van der Waals surface area contributed by atoms with Gasteiger partial charge in [-0.05, 0) is 90.8 Å². The third-order valence-corrected chi connectivity index (χ3v) is 12.7. The Morgan fingerprint density at radius 2 is 0.868 bits per heavy atom. The van der Waals surface area contributed by atoms with Gasteiger partial charge < -0.3 is 39.1 Å². The van der Waals surface area contributed by atoms with Crippen LogP contribution in [0.2, 0.25) is 0 Å². The minimum absolute atomic E-state index is 0.0965. The van der Waals surface area contributed by atoms with Crippen LogP contribution in [0.25, 0.3) is 0 Å². The standard InChI is InChI=1S/C46H64N6O14S2/c1-29(49-19-37(53)51(38(54)20-49)27-63-41(57)35(47-43(59)65-45(3,4)5)25-67-23-31-11-15-33(61-9)16-12-31)30(2)50-21-39(55)52(40(56)22-50)28-64-42(58)36(48-44(60)66-46(6,7)8)26-68-24-32-13-17-34(62-10)18-14-32/h11-18,29-30,35-36H,19-28H2,1-10H3,(H,47,59)(H,48,60). The topological polar surface area (TPSA) is 229 Å². The number of imide groups is 2. The average Bonchev–Trinajstić information content (AvgIpc) is 3.26. The maximum Gasteiger partial charge on any atom is 0.408 e. The fourth-order valence-corrected chi connectivity index (χ4v) is 8.63. The summed E-state index contributed by atoms with van der Waals surface area (Å²) in [6.45, 7) is 11.3. The number of hydrogen-bond donors (Lipinski definition) is 2. The Morgan fingerprint density at radius 3 is 1.15 bits per heavy atom. The van der Waals surface area contributed by atoms with Crippen LogP contribution in [0, 0.1) is 0 Å². The minimum atomic E-state index is -1.17. The van der Waals surface area contributed by atoms with Crippen LogP contribution in [0.15, 0.2) is 48.5 Å². The first-order chi connectivity index (χ1) is 32.0. The summed E-state index contributed by atoms with van der Waals surface area (Å²) in [5, 5.41) is 5.07. The smallest absolute Gasteiger partial charge is 0.408 e. The quantitative estimate of drug-likeness (QED) is 0.103. The molecule has 68 heavy (non-hydrogen) atoms. The maximum atomic E-state index is 13.4. The van der Waals surface area contributed by atoms with Crippen molar-refractivity contribution >= 4 is 71.3 Å². The molecular formula is C46H64N6O14S2. The van der Waals surface area contributed by atoms with Crippen molar-refractivity contribution in [1.29, 1.82) is 0 Å². The Hall–Kier alpha value is -5.58. The van der Waals surface area contributed by atoms with Crippen LogP contribution in [-0.2, 0) is 59.2 Å². The number of thioether (sulfide) groups is 2. The number of nitrogens with zero attached hydrogens (tertiary/aromatic N) is 4. The van der Waals surface area contributed by atoms with Gasteiger partial charge in [0.15, 0.2) is 13.5 Å². The molecular weight excluding hydrogens is 925 g/mol. The summed E-state index contributed by atoms with van der Waals surface area (Å²) >= 11 is 2.70. The molecule has 0 bridgehead atoms. The highest BCUT2D eigenvalue weighted by Crippen LogP contribution is 2.22. The molecule has 0 radical (unpaired) electrons. The van der Waals surface area contributed by atoms with E-state index in [4.69, 9.17) is 28.4 Å². The third kappa shape index (κ3) is 17.5. The molecule has 2 heterocycles. The van der Waals surface area contributed by atoms with Crippen molar-refractivity contribution in [2.75, 3.05) is 65.4 Å². The molecule has 0 aromatic heterocycles. The molecule has 2 aliphatic rings. The Morgan fingerprint density at radius 1 is 0.559 bits per heavy atom. The SMILES string of the molecule is COc1ccc(CSCC(NC(=O)OC(C)(C)C)C(=O)OCN2C(=O)CN(C(C)C(C)N3CC(=O)N(COC(=O)C(CSCc4ccc(OC)cc4)NC(=O)OC(C)(C)C)C(=O)C3)CC2=O)cc1. The zero-order chi connectivity index (χ0) is 50.3. The van der Waals surface area contributed by atoms with Crippen molar-refractivity contribution in [3.63, 3.8) is 0 Å². The van der Waals surface area contributed by atoms with Crippen molar-refractivity contribution < 1.29 is 66.8 Å². The van der Waals surface area contributed by atoms with Gasteiger partial charge in [-0.1, -0.05) is 24.3 Å². The second kappa shape index (κ2) is 25.2. The molecule has 2 saturated heterocycles. The first kappa shape index (κ1) is 55.0. The van der Waals surface area contributed by atoms with Crippen molar-refractivity contribution in [2.24, 2.45) is 0 Å². The van der Waals surface area contributed by atoms with Crippen LogP contribution in [0.1, 0.15) is 66.5 Å². The van der Waals surface area contributed by atoms with E-state index in [0.717, 1.165) is 20.9 Å². The minimum Gasteiger partial charge on any atom is -0.497 e. The molecule has 20 nitrogen and oxygen atoms in total. The van der Waals surface area contributed by atoms with Crippen LogP contribution in [0.3, 0.4) is 0 Å². The summed E-state index contributed by atoms with van der Waals surface area (Å²) < 4.78 is 31.9. The fraction of sp³-hybridized carbons (Fsp3) is 0.565. The van der Waals surface area contributed by atoms with Crippen molar-refractivity contribution in [3.05, 3.63) is 59.7 Å². The van der Waals surface area contributed by atoms with Gasteiger partial charge in [0.1, 0.15) is 34.8 Å². The van der Waals surface area contributed by atoms with E-state index in [-0.39, 0.29) is 37.7 Å². The predicted molar refractivity (Wildman–Crippen MR) is 252 cm³/mol. The second-order valence-corrected chi connectivity index (χ2v) is 20.1. The number of amides is 6. The molecule has 4 atom stereocenters. The highest BCUT2D eigenvalue weighted by atomic mass is 32.2. The predicted octanol–water partition coefficient (Wildman–Crippen LogP) is 3.78. The van der Waals surface area contributed by atoms with Gasteiger partial charge >= 0.3 is 24.1 Å². The molecule has 22 heteroatoms. The summed E-state index contributed by atoms with van der Waals surface area (Å²) in [6.07, 6.45) is -1.68. The number of carbonyl (C=O) groups is 8. The molecule has 374 valence electrons. The molecule has 2 aromatic carbocycles. The number of piperazine rings is 2. The summed E-state index contributed by atoms with van der Waals surface area (Å²) in [6, 6.07) is 11.4. The molecule has 0 spiro atoms. The van der Waals surface area contributed by atoms with E-state index in [1.807, 2.05) is 48.5 Å². The first-order valence-corrected chi connectivity index (χ1v) is 24.2. The van der Waals surface area contributed by atoms with Gasteiger partial charge in [-0.2, -0.15) is 23.5 Å². The van der Waals surface area contributed by atoms with Gasteiger partial charge in [0.05, 0.1) is 40.4 Å². The Kier molecular flexibility index (Phi) is 20.3. The molecule has 4 rings (SSSR count). The number of benzene rings is 2. The monoisotopic (exact) mass is 988 g/mol. The number of hydrogen-bond acceptors (Lipinski definition) is 18. The molecule has 4 unspecified atom stereocenters. The second-order valence-electron chi connectivity index (χ2n) is 18.0. The molecule has 6 amide bonds. The Labute approximate surface area is 405 Å². The number of nitrogens with one attached hydrogen (secondary N) is 2. The molecule has 2 aliphatic heterocycles. The van der Waals surface area contributed by atoms with Crippen LogP contribution in [0.5, 0.6) is 11.5 Å².